The van der Waals surface area contributed by atoms with Crippen molar-refractivity contribution in [3.8, 4) is 91.0 Å². The lowest BCUT2D eigenvalue weighted by Gasteiger charge is -2.40. The van der Waals surface area contributed by atoms with Gasteiger partial charge < -0.3 is 10.4 Å². The molecule has 2 aliphatic heterocycles. The van der Waals surface area contributed by atoms with Crippen LogP contribution in [0.25, 0.3) is 66.8 Å². The number of rotatable bonds is 6. The van der Waals surface area contributed by atoms with E-state index in [2.05, 4.69) is 24.3 Å². The van der Waals surface area contributed by atoms with Crippen molar-refractivity contribution in [2.24, 2.45) is 0 Å². The average Bonchev–Trinajstić information content (AvgIpc) is 3.81. The highest BCUT2D eigenvalue weighted by molar-refractivity contribution is 6.14. The molecule has 0 N–H and O–H groups in total. The molecule has 2 heterocycles. The van der Waals surface area contributed by atoms with Crippen molar-refractivity contribution in [3.63, 3.8) is 0 Å². The molecule has 0 saturated carbocycles. The van der Waals surface area contributed by atoms with Crippen LogP contribution >= 0.6 is 0 Å². The maximum atomic E-state index is 16.5. The molecule has 9 aromatic rings. The zero-order valence-electron chi connectivity index (χ0n) is 35.0. The van der Waals surface area contributed by atoms with Crippen LogP contribution < -0.4 is 9.29 Å². The van der Waals surface area contributed by atoms with Gasteiger partial charge in [-0.2, -0.15) is 21.0 Å². The lowest BCUT2D eigenvalue weighted by atomic mass is 9.94. The molecule has 66 heavy (non-hydrogen) atoms. The Morgan fingerprint density at radius 2 is 0.561 bits per heavy atom. The number of benzene rings is 9. The van der Waals surface area contributed by atoms with Crippen LogP contribution in [0.3, 0.4) is 0 Å². The molecule has 0 bridgehead atoms. The average molecular weight is 845 g/mol. The van der Waals surface area contributed by atoms with E-state index in [0.717, 1.165) is 55.6 Å². The van der Waals surface area contributed by atoms with E-state index in [1.807, 2.05) is 133 Å². The largest absolute Gasteiger partial charge is 0.616 e. The van der Waals surface area contributed by atoms with Crippen LogP contribution in [-0.4, -0.2) is 0 Å². The Balaban J connectivity index is 1.15. The Kier molecular flexibility index (Phi) is 9.15. The van der Waals surface area contributed by atoms with Crippen LogP contribution in [0.15, 0.2) is 194 Å². The highest BCUT2D eigenvalue weighted by atomic mass is 16.6. The number of hydrogen-bond acceptors (Lipinski definition) is 6. The van der Waals surface area contributed by atoms with Crippen LogP contribution in [0.5, 0.6) is 0 Å². The number of hydrogen-bond donors (Lipinski definition) is 0. The van der Waals surface area contributed by atoms with Gasteiger partial charge in [0.2, 0.25) is 0 Å². The van der Waals surface area contributed by atoms with Crippen molar-refractivity contribution in [2.75, 3.05) is 0 Å². The fourth-order valence-corrected chi connectivity index (χ4v) is 9.59. The van der Waals surface area contributed by atoms with Crippen molar-refractivity contribution in [3.05, 3.63) is 227 Å². The van der Waals surface area contributed by atoms with Gasteiger partial charge in [0.05, 0.1) is 68.8 Å². The van der Waals surface area contributed by atoms with E-state index in [4.69, 9.17) is 0 Å². The van der Waals surface area contributed by atoms with Crippen molar-refractivity contribution in [1.82, 2.24) is 9.29 Å². The molecule has 11 rings (SSSR count). The summed E-state index contributed by atoms with van der Waals surface area (Å²) in [5.41, 5.74) is 14.1. The molecule has 0 saturated heterocycles. The molecular formula is C58H32N6O2. The Morgan fingerprint density at radius 1 is 0.288 bits per heavy atom. The number of para-hydroxylation sites is 2. The minimum atomic E-state index is -0.940. The topological polar surface area (TPSA) is 141 Å². The molecule has 8 heteroatoms. The van der Waals surface area contributed by atoms with E-state index in [1.54, 1.807) is 60.7 Å². The van der Waals surface area contributed by atoms with Gasteiger partial charge in [0.25, 0.3) is 0 Å². The Bertz CT molecular complexity index is 3250. The van der Waals surface area contributed by atoms with E-state index >= 15 is 10.4 Å². The highest BCUT2D eigenvalue weighted by Crippen LogP contribution is 2.67. The SMILES string of the molecule is N#Cc1ccc(-c2cc(-c3ccc(C#N)cc3)cc([N+]3([O-])c4ccccc4-c4c3ccc3c4-c4ccccc4[N+]3([O-])c3cc(-c4ccc(C#N)cc4)cc(-c4ccc(C#N)cc4)c3)c2)cc1. The first kappa shape index (κ1) is 39.6. The Hall–Kier alpha value is -9.22. The lowest BCUT2D eigenvalue weighted by molar-refractivity contribution is 0.702. The summed E-state index contributed by atoms with van der Waals surface area (Å²) in [6, 6.07) is 68.2. The van der Waals surface area contributed by atoms with Crippen LogP contribution in [0.2, 0.25) is 0 Å². The predicted octanol–water partition coefficient (Wildman–Crippen LogP) is 14.7. The van der Waals surface area contributed by atoms with Crippen molar-refractivity contribution < 1.29 is 0 Å². The van der Waals surface area contributed by atoms with Gasteiger partial charge >= 0.3 is 0 Å². The van der Waals surface area contributed by atoms with E-state index in [9.17, 15) is 21.0 Å². The molecular weight excluding hydrogens is 813 g/mol. The summed E-state index contributed by atoms with van der Waals surface area (Å²) in [4.78, 5) is 0. The third-order valence-corrected chi connectivity index (χ3v) is 12.8. The van der Waals surface area contributed by atoms with Gasteiger partial charge in [0.15, 0.2) is 22.7 Å². The molecule has 0 spiro atoms. The zero-order chi connectivity index (χ0) is 45.2. The standard InChI is InChI=1S/C58H32N6O2/c59-33-37-9-17-41(18-10-37)45-27-46(42-19-11-38(34-60)12-20-42)30-49(29-45)63(65)53-7-3-1-5-51(53)57-55(63)25-26-56-58(57)52-6-2-4-8-54(52)64(56,66)50-31-47(43-21-13-39(35-61)14-22-43)28-48(32-50)44-23-15-40(36-62)16-24-44/h1-32H. The molecule has 2 atom stereocenters. The summed E-state index contributed by atoms with van der Waals surface area (Å²) in [5, 5.41) is 71.2. The van der Waals surface area contributed by atoms with Gasteiger partial charge in [-0.25, -0.2) is 0 Å². The van der Waals surface area contributed by atoms with Crippen LogP contribution in [0.4, 0.5) is 34.1 Å². The summed E-state index contributed by atoms with van der Waals surface area (Å²) < 4.78 is -1.88. The van der Waals surface area contributed by atoms with Gasteiger partial charge in [0.1, 0.15) is 11.4 Å². The van der Waals surface area contributed by atoms with Gasteiger partial charge in [-0.1, -0.05) is 72.8 Å². The van der Waals surface area contributed by atoms with Crippen LogP contribution in [-0.2, 0) is 0 Å². The minimum Gasteiger partial charge on any atom is -0.616 e. The molecule has 0 radical (unpaired) electrons. The predicted molar refractivity (Wildman–Crippen MR) is 260 cm³/mol. The zero-order valence-corrected chi connectivity index (χ0v) is 35.0. The molecule has 0 fully saturated rings. The van der Waals surface area contributed by atoms with E-state index in [0.29, 0.717) is 67.5 Å². The molecule has 9 aromatic carbocycles. The molecule has 0 aliphatic carbocycles. The normalized spacial score (nSPS) is 16.1. The van der Waals surface area contributed by atoms with Crippen molar-refractivity contribution >= 4 is 34.1 Å². The second-order valence-electron chi connectivity index (χ2n) is 16.4. The first-order valence-electron chi connectivity index (χ1n) is 21.2. The molecule has 0 amide bonds. The van der Waals surface area contributed by atoms with Crippen molar-refractivity contribution in [1.29, 1.82) is 21.0 Å². The first-order valence-corrected chi connectivity index (χ1v) is 21.2. The van der Waals surface area contributed by atoms with Crippen molar-refractivity contribution in [2.45, 2.75) is 0 Å². The fraction of sp³-hybridized carbons (Fsp3) is 0. The molecule has 0 aromatic heterocycles. The second kappa shape index (κ2) is 15.2. The van der Waals surface area contributed by atoms with Crippen LogP contribution in [0, 0.1) is 55.7 Å². The summed E-state index contributed by atoms with van der Waals surface area (Å²) >= 11 is 0. The number of nitriles is 4. The van der Waals surface area contributed by atoms with Crippen LogP contribution in [0.1, 0.15) is 22.3 Å². The molecule has 306 valence electrons. The summed E-state index contributed by atoms with van der Waals surface area (Å²) in [6.45, 7) is 0. The highest BCUT2D eigenvalue weighted by Gasteiger charge is 2.48. The smallest absolute Gasteiger partial charge is 0.152 e. The third-order valence-electron chi connectivity index (χ3n) is 12.8. The van der Waals surface area contributed by atoms with E-state index in [1.165, 1.54) is 0 Å². The monoisotopic (exact) mass is 844 g/mol. The summed E-state index contributed by atoms with van der Waals surface area (Å²) in [5.74, 6) is 0. The van der Waals surface area contributed by atoms with Gasteiger partial charge in [-0.3, -0.25) is 9.29 Å². The maximum Gasteiger partial charge on any atom is 0.152 e. The van der Waals surface area contributed by atoms with Gasteiger partial charge in [0, 0.05) is 48.5 Å². The quantitative estimate of drug-likeness (QED) is 0.120. The van der Waals surface area contributed by atoms with Gasteiger partial charge in [-0.05, 0) is 117 Å². The Morgan fingerprint density at radius 3 is 0.833 bits per heavy atom. The first-order chi connectivity index (χ1) is 32.2. The number of fused-ring (bicyclic) bond motifs is 7. The molecule has 8 nitrogen and oxygen atoms in total. The lowest BCUT2D eigenvalue weighted by Crippen LogP contribution is -2.30. The minimum absolute atomic E-state index is 0.443. The summed E-state index contributed by atoms with van der Waals surface area (Å²) in [7, 11) is 0. The molecule has 2 aliphatic rings. The fourth-order valence-electron chi connectivity index (χ4n) is 9.59. The Labute approximate surface area is 380 Å². The van der Waals surface area contributed by atoms with E-state index < -0.39 is 9.29 Å². The van der Waals surface area contributed by atoms with E-state index in [-0.39, 0.29) is 0 Å². The molecule has 2 unspecified atom stereocenters. The number of nitrogens with zero attached hydrogens (tertiary/aromatic N) is 6. The maximum absolute atomic E-state index is 16.5. The van der Waals surface area contributed by atoms with Gasteiger partial charge in [-0.15, -0.1) is 0 Å². The second-order valence-corrected chi connectivity index (χ2v) is 16.4. The number of quaternary nitrogens is 2. The third kappa shape index (κ3) is 6.05. The summed E-state index contributed by atoms with van der Waals surface area (Å²) in [6.07, 6.45) is 0.